The monoisotopic (exact) mass is 243 g/mol. The van der Waals surface area contributed by atoms with E-state index in [0.29, 0.717) is 0 Å². The second kappa shape index (κ2) is 7.60. The minimum Gasteiger partial charge on any atom is -0.396 e. The zero-order valence-corrected chi connectivity index (χ0v) is 10.9. The number of thiazole rings is 1. The molecule has 0 aliphatic carbocycles. The molecule has 1 aromatic heterocycles. The van der Waals surface area contributed by atoms with E-state index in [1.807, 2.05) is 6.20 Å². The van der Waals surface area contributed by atoms with Crippen molar-refractivity contribution in [1.29, 1.82) is 0 Å². The zero-order valence-electron chi connectivity index (χ0n) is 10.1. The second-order valence-electron chi connectivity index (χ2n) is 3.54. The summed E-state index contributed by atoms with van der Waals surface area (Å²) in [7, 11) is 0. The van der Waals surface area contributed by atoms with Crippen LogP contribution >= 0.6 is 11.3 Å². The van der Waals surface area contributed by atoms with Crippen molar-refractivity contribution >= 4 is 16.5 Å². The van der Waals surface area contributed by atoms with Crippen LogP contribution in [0.2, 0.25) is 0 Å². The largest absolute Gasteiger partial charge is 0.396 e. The van der Waals surface area contributed by atoms with Gasteiger partial charge in [-0.1, -0.05) is 0 Å². The van der Waals surface area contributed by atoms with Gasteiger partial charge in [-0.05, 0) is 26.8 Å². The van der Waals surface area contributed by atoms with E-state index in [1.165, 1.54) is 4.88 Å². The van der Waals surface area contributed by atoms with E-state index in [2.05, 4.69) is 29.0 Å². The third-order valence-corrected chi connectivity index (χ3v) is 3.44. The van der Waals surface area contributed by atoms with E-state index in [1.54, 1.807) is 11.3 Å². The molecule has 1 rings (SSSR count). The van der Waals surface area contributed by atoms with Crippen LogP contribution in [0.15, 0.2) is 6.20 Å². The summed E-state index contributed by atoms with van der Waals surface area (Å²) < 4.78 is 0. The molecule has 0 aromatic carbocycles. The molecule has 0 atom stereocenters. The Morgan fingerprint density at radius 3 is 2.81 bits per heavy atom. The highest BCUT2D eigenvalue weighted by molar-refractivity contribution is 7.15. The average molecular weight is 243 g/mol. The van der Waals surface area contributed by atoms with Crippen LogP contribution in [0.5, 0.6) is 0 Å². The fourth-order valence-corrected chi connectivity index (χ4v) is 2.44. The van der Waals surface area contributed by atoms with Gasteiger partial charge >= 0.3 is 0 Å². The van der Waals surface area contributed by atoms with Crippen LogP contribution < -0.4 is 10.2 Å². The summed E-state index contributed by atoms with van der Waals surface area (Å²) in [5.41, 5.74) is 0. The van der Waals surface area contributed by atoms with E-state index in [4.69, 9.17) is 5.11 Å². The van der Waals surface area contributed by atoms with Gasteiger partial charge in [0, 0.05) is 37.3 Å². The summed E-state index contributed by atoms with van der Waals surface area (Å²) in [4.78, 5) is 7.91. The van der Waals surface area contributed by atoms with Gasteiger partial charge in [-0.15, -0.1) is 11.3 Å². The summed E-state index contributed by atoms with van der Waals surface area (Å²) in [6.07, 6.45) is 2.74. The molecule has 1 aromatic rings. The first-order chi connectivity index (χ1) is 7.81. The molecule has 0 bridgehead atoms. The fraction of sp³-hybridized carbons (Fsp3) is 0.727. The Balaban J connectivity index is 2.38. The van der Waals surface area contributed by atoms with Crippen molar-refractivity contribution in [2.75, 3.05) is 31.1 Å². The molecule has 0 amide bonds. The molecule has 5 heteroatoms. The van der Waals surface area contributed by atoms with E-state index < -0.39 is 0 Å². The Morgan fingerprint density at radius 2 is 2.19 bits per heavy atom. The zero-order chi connectivity index (χ0) is 11.8. The maximum absolute atomic E-state index is 8.65. The molecule has 0 unspecified atom stereocenters. The maximum atomic E-state index is 8.65. The highest BCUT2D eigenvalue weighted by atomic mass is 32.1. The van der Waals surface area contributed by atoms with Crippen molar-refractivity contribution in [3.05, 3.63) is 11.1 Å². The summed E-state index contributed by atoms with van der Waals surface area (Å²) in [6.45, 7) is 8.24. The van der Waals surface area contributed by atoms with Gasteiger partial charge < -0.3 is 15.3 Å². The quantitative estimate of drug-likeness (QED) is 0.679. The van der Waals surface area contributed by atoms with E-state index in [9.17, 15) is 0 Å². The van der Waals surface area contributed by atoms with Gasteiger partial charge in [0.1, 0.15) is 0 Å². The van der Waals surface area contributed by atoms with Gasteiger partial charge in [0.25, 0.3) is 0 Å². The van der Waals surface area contributed by atoms with Gasteiger partial charge in [0.15, 0.2) is 5.13 Å². The van der Waals surface area contributed by atoms with Crippen molar-refractivity contribution in [2.45, 2.75) is 26.8 Å². The fourth-order valence-electron chi connectivity index (χ4n) is 1.43. The van der Waals surface area contributed by atoms with Gasteiger partial charge in [0.2, 0.25) is 0 Å². The molecule has 0 radical (unpaired) electrons. The Hall–Kier alpha value is -0.650. The van der Waals surface area contributed by atoms with Crippen LogP contribution in [-0.2, 0) is 6.54 Å². The number of hydrogen-bond acceptors (Lipinski definition) is 5. The number of nitrogens with zero attached hydrogens (tertiary/aromatic N) is 2. The SMILES string of the molecule is CCN(CC)c1ncc(CNCCCO)s1. The number of rotatable bonds is 8. The van der Waals surface area contributed by atoms with Crippen LogP contribution in [0, 0.1) is 0 Å². The lowest BCUT2D eigenvalue weighted by Crippen LogP contribution is -2.21. The Bertz CT molecular complexity index is 287. The van der Waals surface area contributed by atoms with Gasteiger partial charge in [-0.3, -0.25) is 0 Å². The first kappa shape index (κ1) is 13.4. The summed E-state index contributed by atoms with van der Waals surface area (Å²) >= 11 is 1.74. The lowest BCUT2D eigenvalue weighted by atomic mass is 10.4. The smallest absolute Gasteiger partial charge is 0.185 e. The molecule has 0 fully saturated rings. The van der Waals surface area contributed by atoms with Gasteiger partial charge in [-0.2, -0.15) is 0 Å². The van der Waals surface area contributed by atoms with E-state index in [-0.39, 0.29) is 6.61 Å². The van der Waals surface area contributed by atoms with Crippen LogP contribution in [0.1, 0.15) is 25.1 Å². The molecule has 0 aliphatic rings. The molecule has 1 heterocycles. The Morgan fingerprint density at radius 1 is 1.44 bits per heavy atom. The molecule has 0 aliphatic heterocycles. The predicted octanol–water partition coefficient (Wildman–Crippen LogP) is 1.46. The topological polar surface area (TPSA) is 48.4 Å². The van der Waals surface area contributed by atoms with Crippen LogP contribution in [0.25, 0.3) is 0 Å². The second-order valence-corrected chi connectivity index (χ2v) is 4.63. The van der Waals surface area contributed by atoms with Crippen molar-refractivity contribution < 1.29 is 5.11 Å². The van der Waals surface area contributed by atoms with Crippen LogP contribution in [-0.4, -0.2) is 36.3 Å². The van der Waals surface area contributed by atoms with Gasteiger partial charge in [0.05, 0.1) is 0 Å². The lowest BCUT2D eigenvalue weighted by Gasteiger charge is -2.16. The van der Waals surface area contributed by atoms with Gasteiger partial charge in [-0.25, -0.2) is 4.98 Å². The summed E-state index contributed by atoms with van der Waals surface area (Å²) in [5.74, 6) is 0. The van der Waals surface area contributed by atoms with Crippen LogP contribution in [0.3, 0.4) is 0 Å². The molecule has 2 N–H and O–H groups in total. The molecule has 16 heavy (non-hydrogen) atoms. The molecule has 0 saturated heterocycles. The lowest BCUT2D eigenvalue weighted by molar-refractivity contribution is 0.286. The molecular formula is C11H21N3OS. The average Bonchev–Trinajstić information content (AvgIpc) is 2.75. The summed E-state index contributed by atoms with van der Waals surface area (Å²) in [5, 5.41) is 13.0. The maximum Gasteiger partial charge on any atom is 0.185 e. The summed E-state index contributed by atoms with van der Waals surface area (Å²) in [6, 6.07) is 0. The highest BCUT2D eigenvalue weighted by Crippen LogP contribution is 2.21. The highest BCUT2D eigenvalue weighted by Gasteiger charge is 2.06. The third kappa shape index (κ3) is 4.08. The van der Waals surface area contributed by atoms with E-state index >= 15 is 0 Å². The number of aliphatic hydroxyl groups excluding tert-OH is 1. The Kier molecular flexibility index (Phi) is 6.37. The normalized spacial score (nSPS) is 10.7. The van der Waals surface area contributed by atoms with Crippen molar-refractivity contribution in [3.8, 4) is 0 Å². The number of aromatic nitrogens is 1. The number of anilines is 1. The van der Waals surface area contributed by atoms with E-state index in [0.717, 1.165) is 37.7 Å². The van der Waals surface area contributed by atoms with Crippen LogP contribution in [0.4, 0.5) is 5.13 Å². The molecule has 0 spiro atoms. The van der Waals surface area contributed by atoms with Crippen molar-refractivity contribution in [3.63, 3.8) is 0 Å². The third-order valence-electron chi connectivity index (χ3n) is 2.39. The number of hydrogen-bond donors (Lipinski definition) is 2. The number of aliphatic hydroxyl groups is 1. The Labute approximate surface area is 101 Å². The van der Waals surface area contributed by atoms with Crippen molar-refractivity contribution in [2.24, 2.45) is 0 Å². The first-order valence-corrected chi connectivity index (χ1v) is 6.64. The molecule has 92 valence electrons. The minimum absolute atomic E-state index is 0.250. The minimum atomic E-state index is 0.250. The predicted molar refractivity (Wildman–Crippen MR) is 69.1 cm³/mol. The standard InChI is InChI=1S/C11H21N3OS/c1-3-14(4-2)11-13-9-10(16-11)8-12-6-5-7-15/h9,12,15H,3-8H2,1-2H3. The molecular weight excluding hydrogens is 222 g/mol. The molecule has 0 saturated carbocycles. The number of nitrogens with one attached hydrogen (secondary N) is 1. The first-order valence-electron chi connectivity index (χ1n) is 5.83. The molecule has 4 nitrogen and oxygen atoms in total. The van der Waals surface area contributed by atoms with Crippen molar-refractivity contribution in [1.82, 2.24) is 10.3 Å².